The van der Waals surface area contributed by atoms with Crippen molar-refractivity contribution in [2.45, 2.75) is 0 Å². The van der Waals surface area contributed by atoms with E-state index in [1.807, 2.05) is 0 Å². The molecule has 3 rings (SSSR count). The van der Waals surface area contributed by atoms with E-state index in [1.54, 1.807) is 24.3 Å². The molecule has 31 heavy (non-hydrogen) atoms. The van der Waals surface area contributed by atoms with Crippen LogP contribution in [0.3, 0.4) is 0 Å². The fourth-order valence-corrected chi connectivity index (χ4v) is 2.82. The minimum absolute atomic E-state index is 0.115. The Morgan fingerprint density at radius 3 is 2.10 bits per heavy atom. The zero-order chi connectivity index (χ0) is 22.4. The summed E-state index contributed by atoms with van der Waals surface area (Å²) in [5, 5.41) is 11.5. The summed E-state index contributed by atoms with van der Waals surface area (Å²) in [6.45, 7) is 0. The van der Waals surface area contributed by atoms with Crippen molar-refractivity contribution in [1.29, 1.82) is 0 Å². The highest BCUT2D eigenvalue weighted by atomic mass is 79.9. The number of carbonyl (C=O) groups is 2. The molecular weight excluding hydrogens is 477 g/mol. The second-order valence-corrected chi connectivity index (χ2v) is 6.68. The first-order valence-electron chi connectivity index (χ1n) is 8.49. The third-order valence-corrected chi connectivity index (χ3v) is 4.51. The van der Waals surface area contributed by atoms with Gasteiger partial charge in [-0.1, -0.05) is 12.1 Å². The topological polar surface area (TPSA) is 151 Å². The summed E-state index contributed by atoms with van der Waals surface area (Å²) in [5.74, 6) is -2.42. The van der Waals surface area contributed by atoms with Crippen LogP contribution in [0.1, 0.15) is 20.7 Å². The maximum absolute atomic E-state index is 13.0. The average molecular weight is 490 g/mol. The fourth-order valence-electron chi connectivity index (χ4n) is 2.35. The van der Waals surface area contributed by atoms with Gasteiger partial charge >= 0.3 is 5.69 Å². The summed E-state index contributed by atoms with van der Waals surface area (Å²) in [6, 6.07) is 11.3. The second-order valence-electron chi connectivity index (χ2n) is 5.82. The number of aromatic nitrogens is 2. The van der Waals surface area contributed by atoms with Gasteiger partial charge in [0, 0.05) is 10.0 Å². The summed E-state index contributed by atoms with van der Waals surface area (Å²) in [4.78, 5) is 42.6. The molecule has 0 saturated carbocycles. The van der Waals surface area contributed by atoms with Crippen LogP contribution < -0.4 is 21.7 Å². The van der Waals surface area contributed by atoms with Crippen LogP contribution in [-0.4, -0.2) is 26.7 Å². The zero-order valence-corrected chi connectivity index (χ0v) is 17.0. The number of amides is 2. The van der Waals surface area contributed by atoms with Crippen LogP contribution in [0.15, 0.2) is 59.3 Å². The van der Waals surface area contributed by atoms with E-state index in [1.165, 1.54) is 12.1 Å². The molecule has 0 aliphatic heterocycles. The molecule has 0 fully saturated rings. The molecule has 158 valence electrons. The zero-order valence-electron chi connectivity index (χ0n) is 15.4. The molecule has 3 aromatic rings. The number of nitrogens with zero attached hydrogens (tertiary/aromatic N) is 3. The molecule has 0 atom stereocenters. The van der Waals surface area contributed by atoms with Crippen molar-refractivity contribution in [2.24, 2.45) is 0 Å². The van der Waals surface area contributed by atoms with E-state index in [0.717, 1.165) is 18.5 Å². The highest BCUT2D eigenvalue weighted by Crippen LogP contribution is 2.28. The lowest BCUT2D eigenvalue weighted by Crippen LogP contribution is -2.32. The Morgan fingerprint density at radius 2 is 1.52 bits per heavy atom. The number of hydrogen-bond acceptors (Lipinski definition) is 8. The molecule has 0 spiro atoms. The number of halogens is 2. The lowest BCUT2D eigenvalue weighted by atomic mass is 10.2. The molecule has 1 aromatic heterocycles. The predicted octanol–water partition coefficient (Wildman–Crippen LogP) is 2.80. The number of rotatable bonds is 7. The van der Waals surface area contributed by atoms with Crippen molar-refractivity contribution in [3.8, 4) is 0 Å². The number of hydrogen-bond donors (Lipinski definition) is 4. The van der Waals surface area contributed by atoms with Gasteiger partial charge in [-0.15, -0.1) is 0 Å². The summed E-state index contributed by atoms with van der Waals surface area (Å²) in [7, 11) is 0. The average Bonchev–Trinajstić information content (AvgIpc) is 2.76. The van der Waals surface area contributed by atoms with Gasteiger partial charge in [0.1, 0.15) is 12.1 Å². The second kappa shape index (κ2) is 9.58. The molecule has 0 saturated heterocycles. The fraction of sp³-hybridized carbons (Fsp3) is 0. The van der Waals surface area contributed by atoms with Crippen LogP contribution in [0.2, 0.25) is 0 Å². The normalized spacial score (nSPS) is 10.1. The summed E-state index contributed by atoms with van der Waals surface area (Å²) in [6.07, 6.45) is 0.992. The maximum atomic E-state index is 13.0. The SMILES string of the molecule is O=C(NNc1ncnc(NNC(=O)c2ccccc2Br)c1[N+](=O)[O-])c1ccc(F)cc1. The Balaban J connectivity index is 1.74. The molecule has 2 aromatic carbocycles. The standard InChI is InChI=1S/C18H13BrFN7O4/c19-13-4-2-1-3-12(13)18(29)26-24-16-14(27(30)31)15(21-9-22-16)23-25-17(28)10-5-7-11(20)8-6-10/h1-9H,(H,25,28)(H,26,29)(H2,21,22,23,24). The van der Waals surface area contributed by atoms with Crippen LogP contribution in [0.25, 0.3) is 0 Å². The Kier molecular flexibility index (Phi) is 6.67. The van der Waals surface area contributed by atoms with E-state index in [4.69, 9.17) is 0 Å². The smallest absolute Gasteiger partial charge is 0.276 e. The van der Waals surface area contributed by atoms with Crippen LogP contribution in [-0.2, 0) is 0 Å². The molecular formula is C18H13BrFN7O4. The van der Waals surface area contributed by atoms with E-state index in [-0.39, 0.29) is 22.8 Å². The quantitative estimate of drug-likeness (QED) is 0.292. The summed E-state index contributed by atoms with van der Waals surface area (Å²) in [5.41, 5.74) is 9.02. The van der Waals surface area contributed by atoms with E-state index in [9.17, 15) is 24.1 Å². The van der Waals surface area contributed by atoms with E-state index < -0.39 is 28.2 Å². The molecule has 2 amide bonds. The molecule has 0 unspecified atom stereocenters. The largest absolute Gasteiger partial charge is 0.356 e. The molecule has 0 bridgehead atoms. The number of nitrogens with one attached hydrogen (secondary N) is 4. The Morgan fingerprint density at radius 1 is 0.935 bits per heavy atom. The van der Waals surface area contributed by atoms with Crippen molar-refractivity contribution in [3.05, 3.63) is 86.4 Å². The van der Waals surface area contributed by atoms with Gasteiger partial charge in [0.05, 0.1) is 10.5 Å². The van der Waals surface area contributed by atoms with Crippen LogP contribution >= 0.6 is 15.9 Å². The van der Waals surface area contributed by atoms with Gasteiger partial charge in [-0.25, -0.2) is 14.4 Å². The van der Waals surface area contributed by atoms with Crippen molar-refractivity contribution in [1.82, 2.24) is 20.8 Å². The first-order valence-corrected chi connectivity index (χ1v) is 9.28. The number of benzene rings is 2. The van der Waals surface area contributed by atoms with Gasteiger partial charge in [0.2, 0.25) is 11.6 Å². The lowest BCUT2D eigenvalue weighted by Gasteiger charge is -2.12. The Hall–Kier alpha value is -4.13. The van der Waals surface area contributed by atoms with Crippen LogP contribution in [0.5, 0.6) is 0 Å². The van der Waals surface area contributed by atoms with Gasteiger partial charge in [-0.3, -0.25) is 41.4 Å². The molecule has 0 aliphatic carbocycles. The van der Waals surface area contributed by atoms with E-state index >= 15 is 0 Å². The number of hydrazine groups is 2. The molecule has 0 aliphatic rings. The third-order valence-electron chi connectivity index (χ3n) is 3.82. The number of anilines is 2. The van der Waals surface area contributed by atoms with Gasteiger partial charge < -0.3 is 0 Å². The molecule has 1 heterocycles. The maximum Gasteiger partial charge on any atom is 0.356 e. The number of nitro groups is 1. The minimum atomic E-state index is -0.792. The highest BCUT2D eigenvalue weighted by molar-refractivity contribution is 9.10. The third kappa shape index (κ3) is 5.27. The molecule has 11 nitrogen and oxygen atoms in total. The van der Waals surface area contributed by atoms with Gasteiger partial charge in [-0.2, -0.15) is 0 Å². The van der Waals surface area contributed by atoms with Gasteiger partial charge in [0.25, 0.3) is 11.8 Å². The Labute approximate surface area is 182 Å². The van der Waals surface area contributed by atoms with Crippen molar-refractivity contribution < 1.29 is 18.9 Å². The first kappa shape index (κ1) is 21.6. The molecule has 4 N–H and O–H groups in total. The van der Waals surface area contributed by atoms with Crippen LogP contribution in [0, 0.1) is 15.9 Å². The summed E-state index contributed by atoms with van der Waals surface area (Å²) >= 11 is 3.24. The minimum Gasteiger partial charge on any atom is -0.276 e. The predicted molar refractivity (Wildman–Crippen MR) is 111 cm³/mol. The van der Waals surface area contributed by atoms with Gasteiger partial charge in [-0.05, 0) is 52.3 Å². The van der Waals surface area contributed by atoms with Crippen molar-refractivity contribution in [2.75, 3.05) is 10.9 Å². The highest BCUT2D eigenvalue weighted by Gasteiger charge is 2.24. The van der Waals surface area contributed by atoms with Crippen LogP contribution in [0.4, 0.5) is 21.7 Å². The molecule has 0 radical (unpaired) electrons. The van der Waals surface area contributed by atoms with Crippen molar-refractivity contribution in [3.63, 3.8) is 0 Å². The van der Waals surface area contributed by atoms with Gasteiger partial charge in [0.15, 0.2) is 0 Å². The van der Waals surface area contributed by atoms with Crippen molar-refractivity contribution >= 4 is 45.1 Å². The summed E-state index contributed by atoms with van der Waals surface area (Å²) < 4.78 is 13.5. The van der Waals surface area contributed by atoms with E-state index in [2.05, 4.69) is 47.6 Å². The monoisotopic (exact) mass is 489 g/mol. The molecule has 13 heteroatoms. The number of carbonyl (C=O) groups excluding carboxylic acids is 2. The Bertz CT molecular complexity index is 1140. The lowest BCUT2D eigenvalue weighted by molar-refractivity contribution is -0.383. The van der Waals surface area contributed by atoms with E-state index in [0.29, 0.717) is 4.47 Å². The first-order chi connectivity index (χ1) is 14.9.